The van der Waals surface area contributed by atoms with E-state index in [9.17, 15) is 9.18 Å². The lowest BCUT2D eigenvalue weighted by Gasteiger charge is -2.44. The Balaban J connectivity index is 1.18. The Morgan fingerprint density at radius 2 is 1.68 bits per heavy atom. The fourth-order valence-electron chi connectivity index (χ4n) is 4.84. The third-order valence-corrected chi connectivity index (χ3v) is 6.90. The normalized spacial score (nSPS) is 23.7. The summed E-state index contributed by atoms with van der Waals surface area (Å²) in [5, 5.41) is 3.26. The van der Waals surface area contributed by atoms with Crippen LogP contribution in [0.1, 0.15) is 44.1 Å². The average molecular weight is 390 g/mol. The molecule has 6 heteroatoms. The first-order chi connectivity index (χ1) is 13.6. The van der Waals surface area contributed by atoms with E-state index >= 15 is 0 Å². The SMILES string of the molecule is O=C(NC1CCN(Cc2ccc(F)cc2)CC1)N1CCC2(CCOCC2)CC1. The maximum absolute atomic E-state index is 13.0. The van der Waals surface area contributed by atoms with E-state index in [2.05, 4.69) is 10.2 Å². The second-order valence-corrected chi connectivity index (χ2v) is 8.73. The second kappa shape index (κ2) is 8.78. The van der Waals surface area contributed by atoms with Gasteiger partial charge in [0.25, 0.3) is 0 Å². The summed E-state index contributed by atoms with van der Waals surface area (Å²) < 4.78 is 18.5. The van der Waals surface area contributed by atoms with Gasteiger partial charge in [-0.2, -0.15) is 0 Å². The predicted octanol–water partition coefficient (Wildman–Crippen LogP) is 3.39. The number of hydrogen-bond donors (Lipinski definition) is 1. The molecule has 3 saturated heterocycles. The molecule has 0 saturated carbocycles. The van der Waals surface area contributed by atoms with Gasteiger partial charge >= 0.3 is 6.03 Å². The van der Waals surface area contributed by atoms with Crippen molar-refractivity contribution >= 4 is 6.03 Å². The van der Waals surface area contributed by atoms with Crippen LogP contribution in [-0.4, -0.2) is 61.3 Å². The van der Waals surface area contributed by atoms with Crippen LogP contribution in [-0.2, 0) is 11.3 Å². The highest BCUT2D eigenvalue weighted by atomic mass is 19.1. The number of benzene rings is 1. The van der Waals surface area contributed by atoms with E-state index < -0.39 is 0 Å². The molecule has 3 aliphatic heterocycles. The van der Waals surface area contributed by atoms with E-state index in [4.69, 9.17) is 4.74 Å². The van der Waals surface area contributed by atoms with Crippen LogP contribution < -0.4 is 5.32 Å². The first kappa shape index (κ1) is 19.6. The zero-order chi connectivity index (χ0) is 19.4. The number of nitrogens with one attached hydrogen (secondary N) is 1. The van der Waals surface area contributed by atoms with Crippen LogP contribution in [0.3, 0.4) is 0 Å². The molecule has 28 heavy (non-hydrogen) atoms. The monoisotopic (exact) mass is 389 g/mol. The highest BCUT2D eigenvalue weighted by Crippen LogP contribution is 2.40. The van der Waals surface area contributed by atoms with E-state index in [-0.39, 0.29) is 17.9 Å². The van der Waals surface area contributed by atoms with Crippen molar-refractivity contribution in [2.24, 2.45) is 5.41 Å². The van der Waals surface area contributed by atoms with Gasteiger partial charge in [0.1, 0.15) is 5.82 Å². The van der Waals surface area contributed by atoms with Gasteiger partial charge < -0.3 is 15.0 Å². The van der Waals surface area contributed by atoms with Crippen molar-refractivity contribution < 1.29 is 13.9 Å². The summed E-state index contributed by atoms with van der Waals surface area (Å²) in [6, 6.07) is 7.11. The standard InChI is InChI=1S/C22H32FN3O2/c23-19-3-1-18(2-4-19)17-25-11-5-20(6-12-25)24-21(27)26-13-7-22(8-14-26)9-15-28-16-10-22/h1-4,20H,5-17H2,(H,24,27). The van der Waals surface area contributed by atoms with Crippen LogP contribution in [0.5, 0.6) is 0 Å². The Hall–Kier alpha value is -1.66. The quantitative estimate of drug-likeness (QED) is 0.862. The van der Waals surface area contributed by atoms with Crippen LogP contribution >= 0.6 is 0 Å². The molecule has 3 heterocycles. The summed E-state index contributed by atoms with van der Waals surface area (Å²) in [6.07, 6.45) is 6.47. The van der Waals surface area contributed by atoms with E-state index in [1.807, 2.05) is 17.0 Å². The molecule has 0 aliphatic carbocycles. The average Bonchev–Trinajstić information content (AvgIpc) is 2.72. The van der Waals surface area contributed by atoms with Gasteiger partial charge in [-0.25, -0.2) is 9.18 Å². The number of nitrogens with zero attached hydrogens (tertiary/aromatic N) is 2. The molecule has 0 bridgehead atoms. The number of urea groups is 1. The van der Waals surface area contributed by atoms with E-state index in [1.54, 1.807) is 0 Å². The summed E-state index contributed by atoms with van der Waals surface area (Å²) in [4.78, 5) is 17.1. The molecule has 0 unspecified atom stereocenters. The van der Waals surface area contributed by atoms with Gasteiger partial charge in [-0.3, -0.25) is 4.90 Å². The van der Waals surface area contributed by atoms with Crippen molar-refractivity contribution in [3.63, 3.8) is 0 Å². The Kier molecular flexibility index (Phi) is 6.16. The maximum atomic E-state index is 13.0. The minimum atomic E-state index is -0.189. The molecule has 1 spiro atoms. The topological polar surface area (TPSA) is 44.8 Å². The number of halogens is 1. The summed E-state index contributed by atoms with van der Waals surface area (Å²) in [7, 11) is 0. The molecular weight excluding hydrogens is 357 g/mol. The third-order valence-electron chi connectivity index (χ3n) is 6.90. The van der Waals surface area contributed by atoms with Gasteiger partial charge in [0.05, 0.1) is 0 Å². The van der Waals surface area contributed by atoms with Gasteiger partial charge in [-0.15, -0.1) is 0 Å². The van der Waals surface area contributed by atoms with E-state index in [1.165, 1.54) is 12.1 Å². The molecule has 3 aliphatic rings. The van der Waals surface area contributed by atoms with Crippen LogP contribution in [0.2, 0.25) is 0 Å². The molecular formula is C22H32FN3O2. The Morgan fingerprint density at radius 3 is 2.32 bits per heavy atom. The zero-order valence-electron chi connectivity index (χ0n) is 16.7. The largest absolute Gasteiger partial charge is 0.381 e. The number of hydrogen-bond acceptors (Lipinski definition) is 3. The van der Waals surface area contributed by atoms with Crippen molar-refractivity contribution in [3.05, 3.63) is 35.6 Å². The lowest BCUT2D eigenvalue weighted by atomic mass is 9.72. The molecule has 2 amide bonds. The van der Waals surface area contributed by atoms with Crippen molar-refractivity contribution in [1.29, 1.82) is 0 Å². The molecule has 1 aromatic rings. The highest BCUT2D eigenvalue weighted by molar-refractivity contribution is 5.74. The number of ether oxygens (including phenoxy) is 1. The molecule has 3 fully saturated rings. The van der Waals surface area contributed by atoms with E-state index in [0.717, 1.165) is 90.0 Å². The van der Waals surface area contributed by atoms with Gasteiger partial charge in [0.15, 0.2) is 0 Å². The lowest BCUT2D eigenvalue weighted by molar-refractivity contribution is -0.0147. The van der Waals surface area contributed by atoms with Gasteiger partial charge in [-0.1, -0.05) is 12.1 Å². The second-order valence-electron chi connectivity index (χ2n) is 8.73. The number of likely N-dealkylation sites (tertiary alicyclic amines) is 2. The summed E-state index contributed by atoms with van der Waals surface area (Å²) in [6.45, 7) is 6.27. The zero-order valence-corrected chi connectivity index (χ0v) is 16.7. The maximum Gasteiger partial charge on any atom is 0.317 e. The number of rotatable bonds is 3. The first-order valence-electron chi connectivity index (χ1n) is 10.7. The Labute approximate surface area is 167 Å². The molecule has 1 aromatic carbocycles. The fourth-order valence-corrected chi connectivity index (χ4v) is 4.84. The molecule has 0 atom stereocenters. The van der Waals surface area contributed by atoms with Crippen LogP contribution in [0.4, 0.5) is 9.18 Å². The number of piperidine rings is 2. The molecule has 4 rings (SSSR count). The molecule has 5 nitrogen and oxygen atoms in total. The van der Waals surface area contributed by atoms with Crippen molar-refractivity contribution in [2.75, 3.05) is 39.4 Å². The van der Waals surface area contributed by atoms with Crippen LogP contribution in [0.25, 0.3) is 0 Å². The molecule has 0 radical (unpaired) electrons. The molecule has 0 aromatic heterocycles. The van der Waals surface area contributed by atoms with Crippen molar-refractivity contribution in [2.45, 2.75) is 51.1 Å². The smallest absolute Gasteiger partial charge is 0.317 e. The molecule has 154 valence electrons. The fraction of sp³-hybridized carbons (Fsp3) is 0.682. The van der Waals surface area contributed by atoms with Crippen molar-refractivity contribution in [3.8, 4) is 0 Å². The predicted molar refractivity (Wildman–Crippen MR) is 107 cm³/mol. The van der Waals surface area contributed by atoms with Crippen LogP contribution in [0, 0.1) is 11.2 Å². The summed E-state index contributed by atoms with van der Waals surface area (Å²) in [5.41, 5.74) is 1.56. The Morgan fingerprint density at radius 1 is 1.04 bits per heavy atom. The van der Waals surface area contributed by atoms with Crippen LogP contribution in [0.15, 0.2) is 24.3 Å². The molecule has 1 N–H and O–H groups in total. The lowest BCUT2D eigenvalue weighted by Crippen LogP contribution is -2.52. The Bertz CT molecular complexity index is 642. The minimum Gasteiger partial charge on any atom is -0.381 e. The van der Waals surface area contributed by atoms with Gasteiger partial charge in [-0.05, 0) is 61.6 Å². The minimum absolute atomic E-state index is 0.110. The van der Waals surface area contributed by atoms with Gasteiger partial charge in [0, 0.05) is 52.0 Å². The third kappa shape index (κ3) is 4.84. The number of carbonyl (C=O) groups is 1. The van der Waals surface area contributed by atoms with E-state index in [0.29, 0.717) is 5.41 Å². The number of carbonyl (C=O) groups excluding carboxylic acids is 1. The first-order valence-corrected chi connectivity index (χ1v) is 10.7. The number of amides is 2. The van der Waals surface area contributed by atoms with Gasteiger partial charge in [0.2, 0.25) is 0 Å². The van der Waals surface area contributed by atoms with Crippen molar-refractivity contribution in [1.82, 2.24) is 15.1 Å². The summed E-state index contributed by atoms with van der Waals surface area (Å²) in [5.74, 6) is -0.189. The summed E-state index contributed by atoms with van der Waals surface area (Å²) >= 11 is 0. The highest BCUT2D eigenvalue weighted by Gasteiger charge is 2.37.